The Labute approximate surface area is 195 Å². The average Bonchev–Trinajstić information content (AvgIpc) is 2.74. The molecule has 33 heavy (non-hydrogen) atoms. The molecule has 0 fully saturated rings. The van der Waals surface area contributed by atoms with Crippen LogP contribution in [0.15, 0.2) is 24.3 Å². The van der Waals surface area contributed by atoms with Gasteiger partial charge < -0.3 is 24.6 Å². The van der Waals surface area contributed by atoms with E-state index in [-0.39, 0.29) is 19.6 Å². The fourth-order valence-electron chi connectivity index (χ4n) is 4.40. The minimum Gasteiger partial charge on any atom is -0.464 e. The summed E-state index contributed by atoms with van der Waals surface area (Å²) in [5.74, 6) is -2.56. The summed E-state index contributed by atoms with van der Waals surface area (Å²) in [5, 5.41) is 2.44. The Morgan fingerprint density at radius 2 is 1.48 bits per heavy atom. The van der Waals surface area contributed by atoms with Crippen molar-refractivity contribution in [2.45, 2.75) is 77.4 Å². The van der Waals surface area contributed by atoms with Gasteiger partial charge in [0.1, 0.15) is 0 Å². The predicted octanol–water partition coefficient (Wildman–Crippen LogP) is 2.85. The number of esters is 2. The Kier molecular flexibility index (Phi) is 10.3. The van der Waals surface area contributed by atoms with Crippen molar-refractivity contribution in [1.82, 2.24) is 5.32 Å². The highest BCUT2D eigenvalue weighted by molar-refractivity contribution is 7.52. The number of benzene rings is 1. The SMILES string of the molecule is CCOC(=O)C(Cc1ccccc1C(CC)(CC)C(C)P(=O)(O)O)(NC(C)=O)C(=O)OCC. The monoisotopic (exact) mass is 485 g/mol. The molecule has 1 aromatic carbocycles. The zero-order valence-electron chi connectivity index (χ0n) is 20.2. The molecule has 0 aliphatic carbocycles. The summed E-state index contributed by atoms with van der Waals surface area (Å²) in [6.07, 6.45) is 0.507. The van der Waals surface area contributed by atoms with Gasteiger partial charge in [-0.1, -0.05) is 45.0 Å². The summed E-state index contributed by atoms with van der Waals surface area (Å²) < 4.78 is 22.6. The lowest BCUT2D eigenvalue weighted by molar-refractivity contribution is -0.168. The second kappa shape index (κ2) is 11.8. The van der Waals surface area contributed by atoms with E-state index >= 15 is 0 Å². The highest BCUT2D eigenvalue weighted by Crippen LogP contribution is 2.54. The van der Waals surface area contributed by atoms with Crippen LogP contribution in [0.1, 0.15) is 65.5 Å². The molecule has 0 spiro atoms. The van der Waals surface area contributed by atoms with E-state index in [1.54, 1.807) is 38.1 Å². The third-order valence-electron chi connectivity index (χ3n) is 6.21. The van der Waals surface area contributed by atoms with Gasteiger partial charge in [-0.3, -0.25) is 9.36 Å². The standard InChI is InChI=1S/C23H36NO8P/c1-7-22(8-2,16(5)33(28,29)30)19-14-12-11-13-18(19)15-23(24-17(6)25,20(26)31-9-3)21(27)32-10-4/h11-14,16H,7-10,15H2,1-6H3,(H,24,25)(H2,28,29,30). The summed E-state index contributed by atoms with van der Waals surface area (Å²) in [5.41, 5.74) is -3.04. The van der Waals surface area contributed by atoms with Crippen LogP contribution in [0, 0.1) is 0 Å². The molecule has 1 rings (SSSR count). The molecule has 0 aliphatic heterocycles. The molecule has 1 atom stereocenters. The Hall–Kier alpha value is -2.22. The average molecular weight is 486 g/mol. The predicted molar refractivity (Wildman–Crippen MR) is 124 cm³/mol. The van der Waals surface area contributed by atoms with Gasteiger partial charge in [0.15, 0.2) is 0 Å². The summed E-state index contributed by atoms with van der Waals surface area (Å²) in [7, 11) is -4.48. The largest absolute Gasteiger partial charge is 0.464 e. The lowest BCUT2D eigenvalue weighted by atomic mass is 9.70. The van der Waals surface area contributed by atoms with Crippen LogP contribution in [-0.2, 0) is 40.3 Å². The number of carbonyl (C=O) groups excluding carboxylic acids is 3. The van der Waals surface area contributed by atoms with Crippen LogP contribution in [-0.4, -0.2) is 52.0 Å². The molecule has 0 saturated carbocycles. The molecule has 10 heteroatoms. The zero-order valence-corrected chi connectivity index (χ0v) is 21.1. The minimum absolute atomic E-state index is 0.0235. The molecule has 3 N–H and O–H groups in total. The first kappa shape index (κ1) is 28.8. The molecular formula is C23H36NO8P. The van der Waals surface area contributed by atoms with Crippen LogP contribution in [0.3, 0.4) is 0 Å². The molecule has 0 heterocycles. The first-order valence-electron chi connectivity index (χ1n) is 11.1. The van der Waals surface area contributed by atoms with Crippen LogP contribution >= 0.6 is 7.60 Å². The molecule has 0 aromatic heterocycles. The zero-order chi connectivity index (χ0) is 25.4. The van der Waals surface area contributed by atoms with E-state index in [0.717, 1.165) is 0 Å². The first-order chi connectivity index (χ1) is 15.4. The maximum absolute atomic E-state index is 13.1. The fourth-order valence-corrected chi connectivity index (χ4v) is 5.55. The number of hydrogen-bond donors (Lipinski definition) is 3. The lowest BCUT2D eigenvalue weighted by Crippen LogP contribution is -2.62. The number of hydrogen-bond acceptors (Lipinski definition) is 6. The number of ether oxygens (including phenoxy) is 2. The van der Waals surface area contributed by atoms with Gasteiger partial charge in [-0.15, -0.1) is 0 Å². The molecule has 0 radical (unpaired) electrons. The molecule has 186 valence electrons. The van der Waals surface area contributed by atoms with E-state index in [1.165, 1.54) is 13.8 Å². The van der Waals surface area contributed by atoms with Gasteiger partial charge in [0, 0.05) is 18.8 Å². The number of carbonyl (C=O) groups is 3. The molecule has 1 unspecified atom stereocenters. The summed E-state index contributed by atoms with van der Waals surface area (Å²) >= 11 is 0. The van der Waals surface area contributed by atoms with Crippen molar-refractivity contribution < 1.29 is 38.2 Å². The van der Waals surface area contributed by atoms with E-state index < -0.39 is 42.1 Å². The molecule has 9 nitrogen and oxygen atoms in total. The van der Waals surface area contributed by atoms with E-state index in [9.17, 15) is 28.7 Å². The topological polar surface area (TPSA) is 139 Å². The first-order valence-corrected chi connectivity index (χ1v) is 12.8. The van der Waals surface area contributed by atoms with Gasteiger partial charge in [-0.2, -0.15) is 0 Å². The van der Waals surface area contributed by atoms with Crippen LogP contribution in [0.2, 0.25) is 0 Å². The molecule has 0 bridgehead atoms. The van der Waals surface area contributed by atoms with Gasteiger partial charge in [0.25, 0.3) is 0 Å². The number of amides is 1. The quantitative estimate of drug-likeness (QED) is 0.233. The van der Waals surface area contributed by atoms with Crippen LogP contribution in [0.4, 0.5) is 0 Å². The van der Waals surface area contributed by atoms with E-state index in [4.69, 9.17) is 9.47 Å². The third kappa shape index (κ3) is 6.22. The van der Waals surface area contributed by atoms with Crippen molar-refractivity contribution in [2.75, 3.05) is 13.2 Å². The Morgan fingerprint density at radius 3 is 1.88 bits per heavy atom. The highest BCUT2D eigenvalue weighted by atomic mass is 31.2. The maximum atomic E-state index is 13.1. The van der Waals surface area contributed by atoms with Gasteiger partial charge in [-0.05, 0) is 37.8 Å². The van der Waals surface area contributed by atoms with Gasteiger partial charge >= 0.3 is 19.5 Å². The summed E-state index contributed by atoms with van der Waals surface area (Å²) in [6, 6.07) is 6.85. The van der Waals surface area contributed by atoms with E-state index in [0.29, 0.717) is 24.0 Å². The van der Waals surface area contributed by atoms with Gasteiger partial charge in [0.05, 0.1) is 18.9 Å². The minimum atomic E-state index is -4.48. The van der Waals surface area contributed by atoms with Crippen molar-refractivity contribution in [3.8, 4) is 0 Å². The smallest absolute Gasteiger partial charge is 0.344 e. The Balaban J connectivity index is 3.83. The van der Waals surface area contributed by atoms with Crippen LogP contribution < -0.4 is 5.32 Å². The second-order valence-electron chi connectivity index (χ2n) is 7.99. The van der Waals surface area contributed by atoms with Gasteiger partial charge in [-0.25, -0.2) is 9.59 Å². The molecule has 1 amide bonds. The van der Waals surface area contributed by atoms with Crippen molar-refractivity contribution in [1.29, 1.82) is 0 Å². The van der Waals surface area contributed by atoms with Crippen molar-refractivity contribution in [3.63, 3.8) is 0 Å². The summed E-state index contributed by atoms with van der Waals surface area (Å²) in [6.45, 7) is 9.47. The molecule has 0 saturated heterocycles. The summed E-state index contributed by atoms with van der Waals surface area (Å²) in [4.78, 5) is 58.2. The molecule has 0 aliphatic rings. The lowest BCUT2D eigenvalue weighted by Gasteiger charge is -2.41. The number of nitrogens with one attached hydrogen (secondary N) is 1. The van der Waals surface area contributed by atoms with E-state index in [1.807, 2.05) is 13.8 Å². The van der Waals surface area contributed by atoms with Crippen molar-refractivity contribution in [2.24, 2.45) is 0 Å². The van der Waals surface area contributed by atoms with Crippen molar-refractivity contribution in [3.05, 3.63) is 35.4 Å². The van der Waals surface area contributed by atoms with E-state index in [2.05, 4.69) is 5.32 Å². The normalized spacial score (nSPS) is 13.2. The fraction of sp³-hybridized carbons (Fsp3) is 0.609. The maximum Gasteiger partial charge on any atom is 0.344 e. The second-order valence-corrected chi connectivity index (χ2v) is 9.94. The number of rotatable bonds is 12. The van der Waals surface area contributed by atoms with Gasteiger partial charge in [0.2, 0.25) is 11.4 Å². The molecular weight excluding hydrogens is 449 g/mol. The molecule has 1 aromatic rings. The van der Waals surface area contributed by atoms with Crippen LogP contribution in [0.25, 0.3) is 0 Å². The highest BCUT2D eigenvalue weighted by Gasteiger charge is 2.52. The Bertz CT molecular complexity index is 872. The van der Waals surface area contributed by atoms with Crippen molar-refractivity contribution >= 4 is 25.4 Å². The van der Waals surface area contributed by atoms with Crippen LogP contribution in [0.5, 0.6) is 0 Å². The third-order valence-corrected chi connectivity index (χ3v) is 7.72. The Morgan fingerprint density at radius 1 is 1.00 bits per heavy atom.